The zero-order chi connectivity index (χ0) is 13.5. The SMILES string of the molecule is C[C@H](CC#N)[C@H](NC(=O)c1ccccn1)C(N)=O. The molecule has 2 amide bonds. The summed E-state index contributed by atoms with van der Waals surface area (Å²) in [6.07, 6.45) is 1.61. The van der Waals surface area contributed by atoms with Gasteiger partial charge in [-0.25, -0.2) is 0 Å². The maximum Gasteiger partial charge on any atom is 0.270 e. The van der Waals surface area contributed by atoms with Crippen molar-refractivity contribution in [3.63, 3.8) is 0 Å². The van der Waals surface area contributed by atoms with Gasteiger partial charge >= 0.3 is 0 Å². The van der Waals surface area contributed by atoms with Crippen LogP contribution in [-0.2, 0) is 4.79 Å². The number of amides is 2. The van der Waals surface area contributed by atoms with Gasteiger partial charge in [-0.1, -0.05) is 13.0 Å². The zero-order valence-corrected chi connectivity index (χ0v) is 9.96. The van der Waals surface area contributed by atoms with Crippen LogP contribution in [0, 0.1) is 17.2 Å². The third kappa shape index (κ3) is 3.56. The number of hydrogen-bond acceptors (Lipinski definition) is 4. The second-order valence-electron chi connectivity index (χ2n) is 3.91. The van der Waals surface area contributed by atoms with Gasteiger partial charge < -0.3 is 11.1 Å². The van der Waals surface area contributed by atoms with Gasteiger partial charge in [0.15, 0.2) is 0 Å². The number of hydrogen-bond donors (Lipinski definition) is 2. The largest absolute Gasteiger partial charge is 0.368 e. The molecule has 94 valence electrons. The molecule has 0 aliphatic heterocycles. The Morgan fingerprint density at radius 3 is 2.78 bits per heavy atom. The minimum Gasteiger partial charge on any atom is -0.368 e. The van der Waals surface area contributed by atoms with Crippen molar-refractivity contribution in [3.05, 3.63) is 30.1 Å². The van der Waals surface area contributed by atoms with Crippen LogP contribution in [-0.4, -0.2) is 22.8 Å². The predicted molar refractivity (Wildman–Crippen MR) is 64.1 cm³/mol. The first-order valence-electron chi connectivity index (χ1n) is 5.44. The van der Waals surface area contributed by atoms with Crippen LogP contribution in [0.4, 0.5) is 0 Å². The quantitative estimate of drug-likeness (QED) is 0.774. The van der Waals surface area contributed by atoms with Crippen LogP contribution in [0.25, 0.3) is 0 Å². The first-order chi connectivity index (χ1) is 8.56. The third-order valence-corrected chi connectivity index (χ3v) is 2.47. The van der Waals surface area contributed by atoms with Crippen LogP contribution in [0.5, 0.6) is 0 Å². The molecular formula is C12H14N4O2. The minimum absolute atomic E-state index is 0.135. The van der Waals surface area contributed by atoms with E-state index in [9.17, 15) is 9.59 Å². The first kappa shape index (κ1) is 13.6. The van der Waals surface area contributed by atoms with Crippen LogP contribution in [0.1, 0.15) is 23.8 Å². The van der Waals surface area contributed by atoms with Crippen molar-refractivity contribution >= 4 is 11.8 Å². The molecule has 0 bridgehead atoms. The lowest BCUT2D eigenvalue weighted by Gasteiger charge is -2.19. The van der Waals surface area contributed by atoms with E-state index in [-0.39, 0.29) is 18.0 Å². The summed E-state index contributed by atoms with van der Waals surface area (Å²) in [4.78, 5) is 26.9. The molecule has 0 saturated carbocycles. The van der Waals surface area contributed by atoms with E-state index in [2.05, 4.69) is 10.3 Å². The number of aromatic nitrogens is 1. The van der Waals surface area contributed by atoms with E-state index in [4.69, 9.17) is 11.0 Å². The molecule has 1 rings (SSSR count). The number of nitrogens with one attached hydrogen (secondary N) is 1. The molecular weight excluding hydrogens is 232 g/mol. The Hall–Kier alpha value is -2.42. The molecule has 0 aliphatic rings. The van der Waals surface area contributed by atoms with E-state index < -0.39 is 17.9 Å². The van der Waals surface area contributed by atoms with Gasteiger partial charge in [-0.05, 0) is 18.1 Å². The molecule has 18 heavy (non-hydrogen) atoms. The van der Waals surface area contributed by atoms with Gasteiger partial charge in [0.2, 0.25) is 5.91 Å². The highest BCUT2D eigenvalue weighted by atomic mass is 16.2. The number of nitrogens with two attached hydrogens (primary N) is 1. The lowest BCUT2D eigenvalue weighted by Crippen LogP contribution is -2.48. The van der Waals surface area contributed by atoms with E-state index in [1.807, 2.05) is 6.07 Å². The first-order valence-corrected chi connectivity index (χ1v) is 5.44. The Morgan fingerprint density at radius 1 is 1.56 bits per heavy atom. The van der Waals surface area contributed by atoms with Crippen molar-refractivity contribution in [2.45, 2.75) is 19.4 Å². The fraction of sp³-hybridized carbons (Fsp3) is 0.333. The number of pyridine rings is 1. The van der Waals surface area contributed by atoms with Crippen LogP contribution in [0.15, 0.2) is 24.4 Å². The second-order valence-corrected chi connectivity index (χ2v) is 3.91. The summed E-state index contributed by atoms with van der Waals surface area (Å²) < 4.78 is 0. The molecule has 0 aromatic carbocycles. The molecule has 0 spiro atoms. The highest BCUT2D eigenvalue weighted by Crippen LogP contribution is 2.08. The highest BCUT2D eigenvalue weighted by Gasteiger charge is 2.25. The van der Waals surface area contributed by atoms with Gasteiger partial charge in [-0.2, -0.15) is 5.26 Å². The molecule has 0 fully saturated rings. The average molecular weight is 246 g/mol. The Kier molecular flexibility index (Phi) is 4.81. The third-order valence-electron chi connectivity index (χ3n) is 2.47. The van der Waals surface area contributed by atoms with Crippen LogP contribution < -0.4 is 11.1 Å². The van der Waals surface area contributed by atoms with E-state index in [1.165, 1.54) is 12.3 Å². The van der Waals surface area contributed by atoms with Gasteiger partial charge in [0.1, 0.15) is 11.7 Å². The molecule has 1 heterocycles. The normalized spacial score (nSPS) is 13.1. The average Bonchev–Trinajstić information content (AvgIpc) is 2.36. The van der Waals surface area contributed by atoms with Gasteiger partial charge in [0.05, 0.1) is 6.07 Å². The van der Waals surface area contributed by atoms with Crippen molar-refractivity contribution in [2.75, 3.05) is 0 Å². The number of carbonyl (C=O) groups is 2. The summed E-state index contributed by atoms with van der Waals surface area (Å²) in [5.74, 6) is -1.49. The highest BCUT2D eigenvalue weighted by molar-refractivity contribution is 5.95. The standard InChI is InChI=1S/C12H14N4O2/c1-8(5-6-13)10(11(14)17)16-12(18)9-4-2-3-7-15-9/h2-4,7-8,10H,5H2,1H3,(H2,14,17)(H,16,18)/t8-,10+/m1/s1. The molecule has 0 saturated heterocycles. The molecule has 0 unspecified atom stereocenters. The fourth-order valence-corrected chi connectivity index (χ4v) is 1.47. The molecule has 6 nitrogen and oxygen atoms in total. The molecule has 0 aliphatic carbocycles. The minimum atomic E-state index is -0.876. The Labute approximate surface area is 105 Å². The predicted octanol–water partition coefficient (Wildman–Crippen LogP) is 0.215. The van der Waals surface area contributed by atoms with Gasteiger partial charge in [0, 0.05) is 12.6 Å². The Balaban J connectivity index is 2.77. The molecule has 6 heteroatoms. The van der Waals surface area contributed by atoms with Crippen molar-refractivity contribution in [3.8, 4) is 6.07 Å². The fourth-order valence-electron chi connectivity index (χ4n) is 1.47. The van der Waals surface area contributed by atoms with Gasteiger partial charge in [-0.3, -0.25) is 14.6 Å². The summed E-state index contributed by atoms with van der Waals surface area (Å²) in [5, 5.41) is 11.1. The summed E-state index contributed by atoms with van der Waals surface area (Å²) >= 11 is 0. The molecule has 0 radical (unpaired) electrons. The monoisotopic (exact) mass is 246 g/mol. The van der Waals surface area contributed by atoms with Gasteiger partial charge in [0.25, 0.3) is 5.91 Å². The molecule has 1 aromatic heterocycles. The summed E-state index contributed by atoms with van der Waals surface area (Å²) in [5.41, 5.74) is 5.41. The summed E-state index contributed by atoms with van der Waals surface area (Å²) in [6.45, 7) is 1.68. The summed E-state index contributed by atoms with van der Waals surface area (Å²) in [6, 6.07) is 5.94. The number of carbonyl (C=O) groups excluding carboxylic acids is 2. The maximum absolute atomic E-state index is 11.8. The lowest BCUT2D eigenvalue weighted by molar-refractivity contribution is -0.120. The van der Waals surface area contributed by atoms with E-state index in [0.29, 0.717) is 0 Å². The van der Waals surface area contributed by atoms with E-state index >= 15 is 0 Å². The molecule has 1 aromatic rings. The van der Waals surface area contributed by atoms with Gasteiger partial charge in [-0.15, -0.1) is 0 Å². The summed E-state index contributed by atoms with van der Waals surface area (Å²) in [7, 11) is 0. The second kappa shape index (κ2) is 6.35. The maximum atomic E-state index is 11.8. The lowest BCUT2D eigenvalue weighted by atomic mass is 9.98. The number of nitriles is 1. The zero-order valence-electron chi connectivity index (χ0n) is 9.96. The number of nitrogens with zero attached hydrogens (tertiary/aromatic N) is 2. The molecule has 2 atom stereocenters. The van der Waals surface area contributed by atoms with Crippen LogP contribution in [0.3, 0.4) is 0 Å². The van der Waals surface area contributed by atoms with E-state index in [1.54, 1.807) is 19.1 Å². The Bertz CT molecular complexity index is 467. The number of rotatable bonds is 5. The van der Waals surface area contributed by atoms with E-state index in [0.717, 1.165) is 0 Å². The van der Waals surface area contributed by atoms with Crippen molar-refractivity contribution in [1.29, 1.82) is 5.26 Å². The number of primary amides is 1. The topological polar surface area (TPSA) is 109 Å². The Morgan fingerprint density at radius 2 is 2.28 bits per heavy atom. The van der Waals surface area contributed by atoms with Crippen molar-refractivity contribution < 1.29 is 9.59 Å². The van der Waals surface area contributed by atoms with Crippen molar-refractivity contribution in [1.82, 2.24) is 10.3 Å². The van der Waals surface area contributed by atoms with Crippen LogP contribution >= 0.6 is 0 Å². The smallest absolute Gasteiger partial charge is 0.270 e. The molecule has 3 N–H and O–H groups in total. The van der Waals surface area contributed by atoms with Crippen molar-refractivity contribution in [2.24, 2.45) is 11.7 Å². The van der Waals surface area contributed by atoms with Crippen LogP contribution in [0.2, 0.25) is 0 Å².